The summed E-state index contributed by atoms with van der Waals surface area (Å²) in [6.07, 6.45) is 0. The van der Waals surface area contributed by atoms with Gasteiger partial charge in [0.15, 0.2) is 0 Å². The van der Waals surface area contributed by atoms with Crippen molar-refractivity contribution >= 4 is 23.2 Å². The maximum absolute atomic E-state index is 6.29. The van der Waals surface area contributed by atoms with Gasteiger partial charge in [0.1, 0.15) is 11.5 Å². The lowest BCUT2D eigenvalue weighted by molar-refractivity contribution is 0.390. The van der Waals surface area contributed by atoms with Crippen molar-refractivity contribution in [2.75, 3.05) is 14.2 Å². The van der Waals surface area contributed by atoms with Crippen LogP contribution in [0.1, 0.15) is 17.2 Å². The van der Waals surface area contributed by atoms with Crippen LogP contribution in [-0.2, 0) is 0 Å². The van der Waals surface area contributed by atoms with E-state index in [0.29, 0.717) is 21.5 Å². The minimum Gasteiger partial charge on any atom is -0.497 e. The van der Waals surface area contributed by atoms with Gasteiger partial charge in [-0.15, -0.1) is 0 Å². The van der Waals surface area contributed by atoms with Crippen LogP contribution >= 0.6 is 23.2 Å². The van der Waals surface area contributed by atoms with E-state index < -0.39 is 6.04 Å². The van der Waals surface area contributed by atoms with Gasteiger partial charge in [-0.25, -0.2) is 0 Å². The van der Waals surface area contributed by atoms with E-state index in [0.717, 1.165) is 11.1 Å². The Balaban J connectivity index is 2.47. The van der Waals surface area contributed by atoms with Gasteiger partial charge in [0.25, 0.3) is 0 Å². The molecule has 2 N–H and O–H groups in total. The van der Waals surface area contributed by atoms with Crippen LogP contribution in [0.4, 0.5) is 0 Å². The van der Waals surface area contributed by atoms with E-state index >= 15 is 0 Å². The fraction of sp³-hybridized carbons (Fsp3) is 0.200. The summed E-state index contributed by atoms with van der Waals surface area (Å²) in [5.74, 6) is 1.35. The zero-order valence-corrected chi connectivity index (χ0v) is 12.7. The maximum atomic E-state index is 6.29. The maximum Gasteiger partial charge on any atom is 0.127 e. The molecule has 1 atom stereocenters. The summed E-state index contributed by atoms with van der Waals surface area (Å²) >= 11 is 12.2. The van der Waals surface area contributed by atoms with E-state index in [1.807, 2.05) is 24.3 Å². The van der Waals surface area contributed by atoms with Gasteiger partial charge in [-0.2, -0.15) is 0 Å². The Hall–Kier alpha value is -1.42. The average molecular weight is 312 g/mol. The number of hydrogen-bond donors (Lipinski definition) is 1. The molecular weight excluding hydrogens is 297 g/mol. The van der Waals surface area contributed by atoms with Gasteiger partial charge in [0, 0.05) is 11.6 Å². The molecule has 0 radical (unpaired) electrons. The summed E-state index contributed by atoms with van der Waals surface area (Å²) in [5.41, 5.74) is 7.86. The molecule has 0 heterocycles. The van der Waals surface area contributed by atoms with E-state index in [9.17, 15) is 0 Å². The van der Waals surface area contributed by atoms with Crippen molar-refractivity contribution in [2.24, 2.45) is 5.73 Å². The second-order valence-corrected chi connectivity index (χ2v) is 5.01. The van der Waals surface area contributed by atoms with Gasteiger partial charge in [0.05, 0.1) is 30.3 Å². The zero-order valence-electron chi connectivity index (χ0n) is 11.2. The molecule has 0 spiro atoms. The summed E-state index contributed by atoms with van der Waals surface area (Å²) in [7, 11) is 3.19. The first-order valence-electron chi connectivity index (χ1n) is 6.00. The molecule has 0 saturated heterocycles. The number of benzene rings is 2. The Morgan fingerprint density at radius 1 is 1.00 bits per heavy atom. The molecule has 5 heteroatoms. The predicted octanol–water partition coefficient (Wildman–Crippen LogP) is 4.06. The highest BCUT2D eigenvalue weighted by Crippen LogP contribution is 2.36. The summed E-state index contributed by atoms with van der Waals surface area (Å²) in [6, 6.07) is 10.4. The molecule has 20 heavy (non-hydrogen) atoms. The molecule has 0 aliphatic carbocycles. The molecule has 0 saturated carbocycles. The van der Waals surface area contributed by atoms with Crippen molar-refractivity contribution in [2.45, 2.75) is 6.04 Å². The van der Waals surface area contributed by atoms with Crippen LogP contribution in [0.3, 0.4) is 0 Å². The average Bonchev–Trinajstić information content (AvgIpc) is 2.48. The quantitative estimate of drug-likeness (QED) is 0.926. The van der Waals surface area contributed by atoms with Crippen molar-refractivity contribution in [3.8, 4) is 11.5 Å². The molecule has 0 amide bonds. The second-order valence-electron chi connectivity index (χ2n) is 4.23. The zero-order chi connectivity index (χ0) is 14.7. The molecule has 0 aromatic heterocycles. The molecule has 2 rings (SSSR count). The largest absolute Gasteiger partial charge is 0.497 e. The number of hydrogen-bond acceptors (Lipinski definition) is 3. The Morgan fingerprint density at radius 2 is 1.75 bits per heavy atom. The van der Waals surface area contributed by atoms with Gasteiger partial charge in [-0.05, 0) is 23.8 Å². The predicted molar refractivity (Wildman–Crippen MR) is 82.0 cm³/mol. The van der Waals surface area contributed by atoms with E-state index in [2.05, 4.69) is 0 Å². The van der Waals surface area contributed by atoms with Crippen molar-refractivity contribution in [1.29, 1.82) is 0 Å². The van der Waals surface area contributed by atoms with Crippen molar-refractivity contribution in [3.63, 3.8) is 0 Å². The molecule has 0 fully saturated rings. The van der Waals surface area contributed by atoms with E-state index in [1.165, 1.54) is 0 Å². The smallest absolute Gasteiger partial charge is 0.127 e. The normalized spacial score (nSPS) is 12.1. The molecule has 3 nitrogen and oxygen atoms in total. The fourth-order valence-electron chi connectivity index (χ4n) is 2.00. The molecule has 0 aliphatic heterocycles. The van der Waals surface area contributed by atoms with Gasteiger partial charge in [0.2, 0.25) is 0 Å². The SMILES string of the molecule is COc1ccc(C(N)c2cccc(Cl)c2Cl)c(OC)c1. The first-order chi connectivity index (χ1) is 9.58. The Labute approximate surface area is 128 Å². The van der Waals surface area contributed by atoms with Crippen LogP contribution in [-0.4, -0.2) is 14.2 Å². The molecule has 1 unspecified atom stereocenters. The molecule has 0 bridgehead atoms. The highest BCUT2D eigenvalue weighted by Gasteiger charge is 2.18. The number of ether oxygens (including phenoxy) is 2. The lowest BCUT2D eigenvalue weighted by atomic mass is 9.98. The van der Waals surface area contributed by atoms with E-state index in [-0.39, 0.29) is 0 Å². The van der Waals surface area contributed by atoms with Crippen LogP contribution in [0.2, 0.25) is 10.0 Å². The monoisotopic (exact) mass is 311 g/mol. The van der Waals surface area contributed by atoms with E-state index in [4.69, 9.17) is 38.4 Å². The number of nitrogens with two attached hydrogens (primary N) is 1. The van der Waals surface area contributed by atoms with Crippen LogP contribution in [0, 0.1) is 0 Å². The lowest BCUT2D eigenvalue weighted by Gasteiger charge is -2.18. The minimum atomic E-state index is -0.429. The van der Waals surface area contributed by atoms with Gasteiger partial charge < -0.3 is 15.2 Å². The van der Waals surface area contributed by atoms with Crippen LogP contribution in [0.5, 0.6) is 11.5 Å². The standard InChI is InChI=1S/C15H15Cl2NO2/c1-19-9-6-7-10(13(8-9)20-2)15(18)11-4-3-5-12(16)14(11)17/h3-8,15H,18H2,1-2H3. The topological polar surface area (TPSA) is 44.5 Å². The van der Waals surface area contributed by atoms with Gasteiger partial charge in [-0.1, -0.05) is 35.3 Å². The first kappa shape index (κ1) is 15.0. The third-order valence-electron chi connectivity index (χ3n) is 3.09. The first-order valence-corrected chi connectivity index (χ1v) is 6.75. The van der Waals surface area contributed by atoms with E-state index in [1.54, 1.807) is 26.4 Å². The van der Waals surface area contributed by atoms with Crippen molar-refractivity contribution in [3.05, 3.63) is 57.6 Å². The number of halogens is 2. The highest BCUT2D eigenvalue weighted by molar-refractivity contribution is 6.42. The fourth-order valence-corrected chi connectivity index (χ4v) is 2.43. The second kappa shape index (κ2) is 6.35. The molecular formula is C15H15Cl2NO2. The third kappa shape index (κ3) is 2.85. The van der Waals surface area contributed by atoms with Crippen molar-refractivity contribution < 1.29 is 9.47 Å². The number of rotatable bonds is 4. The van der Waals surface area contributed by atoms with Crippen LogP contribution in [0.15, 0.2) is 36.4 Å². The lowest BCUT2D eigenvalue weighted by Crippen LogP contribution is -2.13. The third-order valence-corrected chi connectivity index (χ3v) is 3.93. The summed E-state index contributed by atoms with van der Waals surface area (Å²) in [6.45, 7) is 0. The molecule has 2 aromatic rings. The summed E-state index contributed by atoms with van der Waals surface area (Å²) in [5, 5.41) is 0.937. The molecule has 0 aliphatic rings. The molecule has 2 aromatic carbocycles. The Morgan fingerprint density at radius 3 is 2.40 bits per heavy atom. The minimum absolute atomic E-state index is 0.429. The van der Waals surface area contributed by atoms with Gasteiger partial charge >= 0.3 is 0 Å². The Kier molecular flexibility index (Phi) is 4.76. The number of methoxy groups -OCH3 is 2. The highest BCUT2D eigenvalue weighted by atomic mass is 35.5. The Bertz CT molecular complexity index is 617. The van der Waals surface area contributed by atoms with Crippen LogP contribution < -0.4 is 15.2 Å². The molecule has 106 valence electrons. The van der Waals surface area contributed by atoms with Crippen molar-refractivity contribution in [1.82, 2.24) is 0 Å². The summed E-state index contributed by atoms with van der Waals surface area (Å²) in [4.78, 5) is 0. The van der Waals surface area contributed by atoms with Crippen LogP contribution in [0.25, 0.3) is 0 Å². The van der Waals surface area contributed by atoms with Gasteiger partial charge in [-0.3, -0.25) is 0 Å². The summed E-state index contributed by atoms with van der Waals surface area (Å²) < 4.78 is 10.5.